The van der Waals surface area contributed by atoms with Gasteiger partial charge in [0.1, 0.15) is 0 Å². The van der Waals surface area contributed by atoms with E-state index in [1.54, 1.807) is 12.3 Å². The minimum absolute atomic E-state index is 0.0538. The van der Waals surface area contributed by atoms with Crippen LogP contribution in [0.15, 0.2) is 48.3 Å². The summed E-state index contributed by atoms with van der Waals surface area (Å²) in [4.78, 5) is 17.2. The number of rotatable bonds is 3. The van der Waals surface area contributed by atoms with Gasteiger partial charge in [0.05, 0.1) is 23.0 Å². The van der Waals surface area contributed by atoms with E-state index < -0.39 is 0 Å². The van der Waals surface area contributed by atoms with Crippen molar-refractivity contribution in [2.45, 2.75) is 39.7 Å². The molecule has 0 radical (unpaired) electrons. The Hall–Kier alpha value is -2.37. The molecule has 2 heterocycles. The van der Waals surface area contributed by atoms with E-state index in [1.807, 2.05) is 30.1 Å². The number of aromatic nitrogens is 2. The van der Waals surface area contributed by atoms with Gasteiger partial charge in [-0.1, -0.05) is 19.9 Å². The van der Waals surface area contributed by atoms with Gasteiger partial charge in [0.15, 0.2) is 0 Å². The van der Waals surface area contributed by atoms with E-state index in [1.165, 1.54) is 5.70 Å². The van der Waals surface area contributed by atoms with Crippen molar-refractivity contribution in [2.24, 2.45) is 5.41 Å². The fourth-order valence-electron chi connectivity index (χ4n) is 3.44. The van der Waals surface area contributed by atoms with Crippen molar-refractivity contribution in [3.8, 4) is 0 Å². The standard InChI is InChI=1S/C17H22N4O2/c1-13-15(21(22)23)5-4-9-20(13)16-11-14(6-7-17(16,2)3)19-10-8-18-12-19/h4-5,8,10-12,16H,6-7,9H2,1-3H3. The van der Waals surface area contributed by atoms with Gasteiger partial charge < -0.3 is 9.47 Å². The zero-order valence-corrected chi connectivity index (χ0v) is 13.8. The Balaban J connectivity index is 2.00. The maximum absolute atomic E-state index is 11.2. The normalized spacial score (nSPS) is 23.9. The molecule has 0 bridgehead atoms. The van der Waals surface area contributed by atoms with Crippen molar-refractivity contribution in [1.82, 2.24) is 14.5 Å². The second-order valence-electron chi connectivity index (χ2n) is 6.84. The fraction of sp³-hybridized carbons (Fsp3) is 0.471. The summed E-state index contributed by atoms with van der Waals surface area (Å²) in [6.45, 7) is 7.01. The van der Waals surface area contributed by atoms with Gasteiger partial charge in [0.2, 0.25) is 0 Å². The molecule has 0 saturated heterocycles. The van der Waals surface area contributed by atoms with E-state index in [9.17, 15) is 10.1 Å². The number of hydrogen-bond acceptors (Lipinski definition) is 4. The third kappa shape index (κ3) is 2.81. The topological polar surface area (TPSA) is 64.2 Å². The van der Waals surface area contributed by atoms with Gasteiger partial charge in [-0.2, -0.15) is 0 Å². The van der Waals surface area contributed by atoms with Gasteiger partial charge in [-0.25, -0.2) is 4.98 Å². The number of allylic oxidation sites excluding steroid dienone is 3. The van der Waals surface area contributed by atoms with Crippen LogP contribution in [0.25, 0.3) is 5.70 Å². The molecule has 1 aliphatic heterocycles. The van der Waals surface area contributed by atoms with E-state index in [0.29, 0.717) is 6.54 Å². The summed E-state index contributed by atoms with van der Waals surface area (Å²) in [7, 11) is 0. The Bertz CT molecular complexity index is 698. The highest BCUT2D eigenvalue weighted by Crippen LogP contribution is 2.41. The molecule has 1 aliphatic carbocycles. The number of hydrogen-bond donors (Lipinski definition) is 0. The number of imidazole rings is 1. The van der Waals surface area contributed by atoms with Crippen LogP contribution in [0.1, 0.15) is 33.6 Å². The lowest BCUT2D eigenvalue weighted by atomic mass is 9.74. The van der Waals surface area contributed by atoms with Gasteiger partial charge in [0.25, 0.3) is 5.70 Å². The van der Waals surface area contributed by atoms with Crippen molar-refractivity contribution in [1.29, 1.82) is 0 Å². The maximum Gasteiger partial charge on any atom is 0.287 e. The molecule has 1 atom stereocenters. The maximum atomic E-state index is 11.2. The zero-order chi connectivity index (χ0) is 16.6. The molecule has 0 saturated carbocycles. The molecule has 0 amide bonds. The molecular weight excluding hydrogens is 292 g/mol. The molecule has 6 nitrogen and oxygen atoms in total. The first-order valence-electron chi connectivity index (χ1n) is 7.87. The highest BCUT2D eigenvalue weighted by atomic mass is 16.6. The Kier molecular flexibility index (Phi) is 3.83. The van der Waals surface area contributed by atoms with E-state index in [0.717, 1.165) is 18.5 Å². The van der Waals surface area contributed by atoms with Crippen molar-refractivity contribution < 1.29 is 4.92 Å². The second kappa shape index (κ2) is 5.68. The van der Waals surface area contributed by atoms with Crippen LogP contribution >= 0.6 is 0 Å². The first-order valence-corrected chi connectivity index (χ1v) is 7.87. The van der Waals surface area contributed by atoms with Crippen LogP contribution in [0, 0.1) is 15.5 Å². The summed E-state index contributed by atoms with van der Waals surface area (Å²) in [5.41, 5.74) is 2.18. The van der Waals surface area contributed by atoms with Crippen molar-refractivity contribution >= 4 is 5.70 Å². The SMILES string of the molecule is CC1=C([N+](=O)[O-])C=CCN1C1C=C(n2ccnc2)CCC1(C)C. The molecular formula is C17H22N4O2. The minimum Gasteiger partial charge on any atom is -0.359 e. The van der Waals surface area contributed by atoms with Crippen LogP contribution in [-0.2, 0) is 0 Å². The molecule has 6 heteroatoms. The quantitative estimate of drug-likeness (QED) is 0.634. The van der Waals surface area contributed by atoms with Crippen LogP contribution in [0.2, 0.25) is 0 Å². The fourth-order valence-corrected chi connectivity index (χ4v) is 3.44. The van der Waals surface area contributed by atoms with E-state index in [4.69, 9.17) is 0 Å². The molecule has 23 heavy (non-hydrogen) atoms. The van der Waals surface area contributed by atoms with Crippen molar-refractivity contribution in [3.63, 3.8) is 0 Å². The van der Waals surface area contributed by atoms with E-state index >= 15 is 0 Å². The molecule has 1 aromatic rings. The highest BCUT2D eigenvalue weighted by Gasteiger charge is 2.38. The Morgan fingerprint density at radius 1 is 1.43 bits per heavy atom. The lowest BCUT2D eigenvalue weighted by Gasteiger charge is -2.45. The minimum atomic E-state index is -0.297. The summed E-state index contributed by atoms with van der Waals surface area (Å²) in [6.07, 6.45) is 13.3. The summed E-state index contributed by atoms with van der Waals surface area (Å²) in [6, 6.07) is 0.119. The highest BCUT2D eigenvalue weighted by molar-refractivity contribution is 5.49. The average Bonchev–Trinajstić information content (AvgIpc) is 3.02. The van der Waals surface area contributed by atoms with Crippen LogP contribution in [0.5, 0.6) is 0 Å². The molecule has 0 spiro atoms. The summed E-state index contributed by atoms with van der Waals surface area (Å²) < 4.78 is 2.04. The van der Waals surface area contributed by atoms with Gasteiger partial charge in [-0.05, 0) is 31.3 Å². The molecule has 2 aliphatic rings. The van der Waals surface area contributed by atoms with E-state index in [2.05, 4.69) is 29.8 Å². The number of nitro groups is 1. The lowest BCUT2D eigenvalue weighted by Crippen LogP contribution is -2.46. The molecule has 0 fully saturated rings. The molecule has 0 N–H and O–H groups in total. The predicted molar refractivity (Wildman–Crippen MR) is 88.8 cm³/mol. The molecule has 0 aromatic carbocycles. The van der Waals surface area contributed by atoms with Crippen LogP contribution < -0.4 is 0 Å². The second-order valence-corrected chi connectivity index (χ2v) is 6.84. The summed E-state index contributed by atoms with van der Waals surface area (Å²) >= 11 is 0. The van der Waals surface area contributed by atoms with Gasteiger partial charge in [-0.3, -0.25) is 10.1 Å². The Morgan fingerprint density at radius 2 is 2.22 bits per heavy atom. The zero-order valence-electron chi connectivity index (χ0n) is 13.8. The molecule has 122 valence electrons. The van der Waals surface area contributed by atoms with Gasteiger partial charge in [-0.15, -0.1) is 0 Å². The smallest absolute Gasteiger partial charge is 0.287 e. The average molecular weight is 314 g/mol. The van der Waals surface area contributed by atoms with Crippen LogP contribution in [0.3, 0.4) is 0 Å². The van der Waals surface area contributed by atoms with Gasteiger partial charge in [0, 0.05) is 30.7 Å². The van der Waals surface area contributed by atoms with Crippen LogP contribution in [0.4, 0.5) is 0 Å². The summed E-state index contributed by atoms with van der Waals surface area (Å²) in [5.74, 6) is 0. The molecule has 1 aromatic heterocycles. The number of nitrogens with zero attached hydrogens (tertiary/aromatic N) is 4. The van der Waals surface area contributed by atoms with Crippen molar-refractivity contribution in [2.75, 3.05) is 6.54 Å². The van der Waals surface area contributed by atoms with Crippen molar-refractivity contribution in [3.05, 3.63) is 58.5 Å². The Labute approximate surface area is 136 Å². The third-order valence-electron chi connectivity index (χ3n) is 4.92. The van der Waals surface area contributed by atoms with Crippen LogP contribution in [-0.4, -0.2) is 32.0 Å². The summed E-state index contributed by atoms with van der Waals surface area (Å²) in [5, 5.41) is 11.2. The first-order chi connectivity index (χ1) is 10.9. The van der Waals surface area contributed by atoms with Gasteiger partial charge >= 0.3 is 0 Å². The Morgan fingerprint density at radius 3 is 2.87 bits per heavy atom. The largest absolute Gasteiger partial charge is 0.359 e. The monoisotopic (exact) mass is 314 g/mol. The molecule has 3 rings (SSSR count). The first kappa shape index (κ1) is 15.5. The predicted octanol–water partition coefficient (Wildman–Crippen LogP) is 3.29. The third-order valence-corrected chi connectivity index (χ3v) is 4.92. The van der Waals surface area contributed by atoms with E-state index in [-0.39, 0.29) is 22.1 Å². The molecule has 1 unspecified atom stereocenters. The lowest BCUT2D eigenvalue weighted by molar-refractivity contribution is -0.421.